The maximum atomic E-state index is 5.97. The van der Waals surface area contributed by atoms with Crippen molar-refractivity contribution in [3.05, 3.63) is 89.7 Å². The van der Waals surface area contributed by atoms with Gasteiger partial charge in [0.25, 0.3) is 0 Å². The molecule has 0 fully saturated rings. The molecule has 0 aliphatic carbocycles. The van der Waals surface area contributed by atoms with Gasteiger partial charge in [0.05, 0.1) is 6.61 Å². The van der Waals surface area contributed by atoms with Crippen LogP contribution in [-0.2, 0) is 13.2 Å². The molecule has 27 heavy (non-hydrogen) atoms. The van der Waals surface area contributed by atoms with Crippen molar-refractivity contribution in [1.82, 2.24) is 10.3 Å². The first kappa shape index (κ1) is 18.9. The van der Waals surface area contributed by atoms with Crippen LogP contribution in [0.25, 0.3) is 0 Å². The molecule has 1 N–H and O–H groups in total. The highest BCUT2D eigenvalue weighted by Crippen LogP contribution is 2.29. The summed E-state index contributed by atoms with van der Waals surface area (Å²) in [4.78, 5) is 4.07. The Morgan fingerprint density at radius 2 is 1.67 bits per heavy atom. The Bertz CT molecular complexity index is 822. The first-order chi connectivity index (χ1) is 13.3. The second kappa shape index (κ2) is 9.74. The third-order valence-electron chi connectivity index (χ3n) is 4.36. The molecule has 0 amide bonds. The topological polar surface area (TPSA) is 43.4 Å². The van der Waals surface area contributed by atoms with Crippen molar-refractivity contribution in [2.24, 2.45) is 0 Å². The largest absolute Gasteiger partial charge is 0.490 e. The molecule has 0 saturated heterocycles. The standard InChI is InChI=1S/C23H26N2O2/c1-3-26-23-15-20(16-25-18(2)21-11-13-24-14-12-21)9-10-22(23)27-17-19-7-5-4-6-8-19/h4-15,18,25H,3,16-17H2,1-2H3/t18-/m0/s1. The Morgan fingerprint density at radius 3 is 2.41 bits per heavy atom. The van der Waals surface area contributed by atoms with Gasteiger partial charge in [0, 0.05) is 25.0 Å². The number of benzene rings is 2. The van der Waals surface area contributed by atoms with E-state index in [1.165, 1.54) is 5.56 Å². The highest BCUT2D eigenvalue weighted by molar-refractivity contribution is 5.43. The number of ether oxygens (including phenoxy) is 2. The van der Waals surface area contributed by atoms with E-state index in [1.54, 1.807) is 0 Å². The van der Waals surface area contributed by atoms with Gasteiger partial charge >= 0.3 is 0 Å². The SMILES string of the molecule is CCOc1cc(CN[C@@H](C)c2ccncc2)ccc1OCc1ccccc1. The molecule has 3 aromatic rings. The monoisotopic (exact) mass is 362 g/mol. The molecule has 0 saturated carbocycles. The quantitative estimate of drug-likeness (QED) is 0.587. The molecule has 0 bridgehead atoms. The number of hydrogen-bond donors (Lipinski definition) is 1. The summed E-state index contributed by atoms with van der Waals surface area (Å²) in [5.41, 5.74) is 3.51. The van der Waals surface area contributed by atoms with Crippen LogP contribution < -0.4 is 14.8 Å². The maximum Gasteiger partial charge on any atom is 0.161 e. The minimum absolute atomic E-state index is 0.248. The van der Waals surface area contributed by atoms with Crippen LogP contribution in [-0.4, -0.2) is 11.6 Å². The zero-order chi connectivity index (χ0) is 18.9. The summed E-state index contributed by atoms with van der Waals surface area (Å²) >= 11 is 0. The molecule has 1 atom stereocenters. The van der Waals surface area contributed by atoms with Crippen molar-refractivity contribution in [2.75, 3.05) is 6.61 Å². The van der Waals surface area contributed by atoms with E-state index < -0.39 is 0 Å². The van der Waals surface area contributed by atoms with E-state index in [4.69, 9.17) is 9.47 Å². The molecular weight excluding hydrogens is 336 g/mol. The normalized spacial score (nSPS) is 11.8. The van der Waals surface area contributed by atoms with Crippen LogP contribution in [0.3, 0.4) is 0 Å². The second-order valence-corrected chi connectivity index (χ2v) is 6.37. The second-order valence-electron chi connectivity index (χ2n) is 6.37. The van der Waals surface area contributed by atoms with Crippen LogP contribution in [0.2, 0.25) is 0 Å². The van der Waals surface area contributed by atoms with Gasteiger partial charge in [0.15, 0.2) is 11.5 Å². The minimum atomic E-state index is 0.248. The minimum Gasteiger partial charge on any atom is -0.490 e. The number of nitrogens with zero attached hydrogens (tertiary/aromatic N) is 1. The predicted octanol–water partition coefficient (Wildman–Crippen LogP) is 4.91. The van der Waals surface area contributed by atoms with Crippen LogP contribution in [0.5, 0.6) is 11.5 Å². The third-order valence-corrected chi connectivity index (χ3v) is 4.36. The molecule has 4 heteroatoms. The Kier molecular flexibility index (Phi) is 6.83. The molecule has 140 valence electrons. The zero-order valence-electron chi connectivity index (χ0n) is 15.9. The smallest absolute Gasteiger partial charge is 0.161 e. The molecule has 0 aliphatic rings. The first-order valence-electron chi connectivity index (χ1n) is 9.32. The molecule has 0 spiro atoms. The van der Waals surface area contributed by atoms with Gasteiger partial charge in [-0.25, -0.2) is 0 Å². The molecule has 3 rings (SSSR count). The van der Waals surface area contributed by atoms with Crippen molar-refractivity contribution >= 4 is 0 Å². The average Bonchev–Trinajstić information content (AvgIpc) is 2.73. The highest BCUT2D eigenvalue weighted by atomic mass is 16.5. The molecule has 0 unspecified atom stereocenters. The van der Waals surface area contributed by atoms with Crippen LogP contribution in [0, 0.1) is 0 Å². The van der Waals surface area contributed by atoms with Gasteiger partial charge in [-0.05, 0) is 54.8 Å². The summed E-state index contributed by atoms with van der Waals surface area (Å²) in [7, 11) is 0. The lowest BCUT2D eigenvalue weighted by Crippen LogP contribution is -2.18. The first-order valence-corrected chi connectivity index (χ1v) is 9.32. The lowest BCUT2D eigenvalue weighted by molar-refractivity contribution is 0.269. The maximum absolute atomic E-state index is 5.97. The molecular formula is C23H26N2O2. The Hall–Kier alpha value is -2.85. The fourth-order valence-electron chi connectivity index (χ4n) is 2.83. The summed E-state index contributed by atoms with van der Waals surface area (Å²) in [6, 6.07) is 20.6. The number of nitrogens with one attached hydrogen (secondary N) is 1. The van der Waals surface area contributed by atoms with Gasteiger partial charge in [0.1, 0.15) is 6.61 Å². The van der Waals surface area contributed by atoms with E-state index in [0.29, 0.717) is 13.2 Å². The van der Waals surface area contributed by atoms with Gasteiger partial charge in [-0.2, -0.15) is 0 Å². The predicted molar refractivity (Wildman–Crippen MR) is 108 cm³/mol. The zero-order valence-corrected chi connectivity index (χ0v) is 15.9. The van der Waals surface area contributed by atoms with E-state index >= 15 is 0 Å². The molecule has 0 aliphatic heterocycles. The van der Waals surface area contributed by atoms with E-state index in [1.807, 2.05) is 55.7 Å². The van der Waals surface area contributed by atoms with Crippen molar-refractivity contribution < 1.29 is 9.47 Å². The van der Waals surface area contributed by atoms with Gasteiger partial charge in [0.2, 0.25) is 0 Å². The molecule has 1 aromatic heterocycles. The van der Waals surface area contributed by atoms with E-state index in [0.717, 1.165) is 29.2 Å². The van der Waals surface area contributed by atoms with E-state index in [-0.39, 0.29) is 6.04 Å². The number of rotatable bonds is 9. The summed E-state index contributed by atoms with van der Waals surface area (Å²) < 4.78 is 11.8. The van der Waals surface area contributed by atoms with Crippen LogP contribution >= 0.6 is 0 Å². The number of aromatic nitrogens is 1. The van der Waals surface area contributed by atoms with E-state index in [9.17, 15) is 0 Å². The van der Waals surface area contributed by atoms with Crippen molar-refractivity contribution in [1.29, 1.82) is 0 Å². The summed E-state index contributed by atoms with van der Waals surface area (Å²) in [5.74, 6) is 1.55. The van der Waals surface area contributed by atoms with Gasteiger partial charge in [-0.1, -0.05) is 36.4 Å². The lowest BCUT2D eigenvalue weighted by atomic mass is 10.1. The Balaban J connectivity index is 1.64. The van der Waals surface area contributed by atoms with Crippen molar-refractivity contribution in [3.8, 4) is 11.5 Å². The lowest BCUT2D eigenvalue weighted by Gasteiger charge is -2.16. The average molecular weight is 362 g/mol. The summed E-state index contributed by atoms with van der Waals surface area (Å²) in [6.07, 6.45) is 3.64. The molecule has 1 heterocycles. The van der Waals surface area contributed by atoms with Gasteiger partial charge < -0.3 is 14.8 Å². The highest BCUT2D eigenvalue weighted by Gasteiger charge is 2.09. The van der Waals surface area contributed by atoms with Crippen molar-refractivity contribution in [2.45, 2.75) is 33.0 Å². The molecule has 2 aromatic carbocycles. The van der Waals surface area contributed by atoms with Crippen LogP contribution in [0.1, 0.15) is 36.6 Å². The fourth-order valence-corrected chi connectivity index (χ4v) is 2.83. The number of pyridine rings is 1. The van der Waals surface area contributed by atoms with Gasteiger partial charge in [-0.15, -0.1) is 0 Å². The van der Waals surface area contributed by atoms with Gasteiger partial charge in [-0.3, -0.25) is 4.98 Å². The molecule has 0 radical (unpaired) electrons. The summed E-state index contributed by atoms with van der Waals surface area (Å²) in [5, 5.41) is 3.54. The fraction of sp³-hybridized carbons (Fsp3) is 0.261. The van der Waals surface area contributed by atoms with Crippen LogP contribution in [0.4, 0.5) is 0 Å². The van der Waals surface area contributed by atoms with E-state index in [2.05, 4.69) is 41.5 Å². The number of hydrogen-bond acceptors (Lipinski definition) is 4. The Morgan fingerprint density at radius 1 is 0.889 bits per heavy atom. The molecule has 4 nitrogen and oxygen atoms in total. The Labute approximate surface area is 161 Å². The van der Waals surface area contributed by atoms with Crippen molar-refractivity contribution in [3.63, 3.8) is 0 Å². The summed E-state index contributed by atoms with van der Waals surface area (Å²) in [6.45, 7) is 6.01. The van der Waals surface area contributed by atoms with Crippen LogP contribution in [0.15, 0.2) is 73.1 Å². The third kappa shape index (κ3) is 5.56.